The van der Waals surface area contributed by atoms with Crippen molar-refractivity contribution in [3.05, 3.63) is 12.2 Å². The molecule has 4 rings (SSSR count). The van der Waals surface area contributed by atoms with Crippen LogP contribution in [0.5, 0.6) is 0 Å². The van der Waals surface area contributed by atoms with Crippen LogP contribution in [0.4, 0.5) is 5.82 Å². The molecule has 1 unspecified atom stereocenters. The van der Waals surface area contributed by atoms with E-state index in [2.05, 4.69) is 15.0 Å². The fourth-order valence-electron chi connectivity index (χ4n) is 4.40. The number of aromatic nitrogens is 4. The predicted molar refractivity (Wildman–Crippen MR) is 109 cm³/mol. The average molecular weight is 447 g/mol. The van der Waals surface area contributed by atoms with Gasteiger partial charge in [-0.1, -0.05) is 10.8 Å². The summed E-state index contributed by atoms with van der Waals surface area (Å²) in [5.74, 6) is 1.24. The number of aliphatic hydroxyl groups excluding tert-OH is 2. The Bertz CT molecular complexity index is 916. The second-order valence-corrected chi connectivity index (χ2v) is 10.6. The number of fused-ring (bicyclic) bond motifs is 2. The largest absolute Gasteiger partial charge is 0.390 e. The molecular formula is C15H22N5O5PS2. The van der Waals surface area contributed by atoms with Crippen molar-refractivity contribution >= 4 is 46.9 Å². The van der Waals surface area contributed by atoms with Crippen LogP contribution in [0.1, 0.15) is 18.3 Å². The Kier molecular flexibility index (Phi) is 5.64. The number of nitrogens with two attached hydrogens (primary N) is 1. The number of anilines is 1. The SMILES string of the molecule is Cc1nc(N)c2ncn([C@H]3[C@H](O)[C@H](O)[C@@]4(C[PH](=O)OCCSSO)C[C@H]34)c2n1. The van der Waals surface area contributed by atoms with E-state index in [1.807, 2.05) is 0 Å². The summed E-state index contributed by atoms with van der Waals surface area (Å²) in [6, 6.07) is -0.426. The van der Waals surface area contributed by atoms with E-state index in [1.54, 1.807) is 17.8 Å². The Morgan fingerprint density at radius 1 is 1.46 bits per heavy atom. The lowest BCUT2D eigenvalue weighted by molar-refractivity contribution is -0.0132. The molecule has 2 aromatic heterocycles. The second-order valence-electron chi connectivity index (χ2n) is 7.24. The molecule has 2 aromatic rings. The maximum absolute atomic E-state index is 12.4. The van der Waals surface area contributed by atoms with Gasteiger partial charge < -0.3 is 29.6 Å². The van der Waals surface area contributed by atoms with E-state index in [9.17, 15) is 14.8 Å². The van der Waals surface area contributed by atoms with Crippen molar-refractivity contribution in [3.63, 3.8) is 0 Å². The Morgan fingerprint density at radius 2 is 2.25 bits per heavy atom. The minimum atomic E-state index is -2.37. The van der Waals surface area contributed by atoms with Crippen molar-refractivity contribution in [2.24, 2.45) is 11.3 Å². The van der Waals surface area contributed by atoms with Crippen LogP contribution >= 0.6 is 29.9 Å². The first-order valence-electron chi connectivity index (χ1n) is 8.80. The first-order valence-corrected chi connectivity index (χ1v) is 12.6. The number of hydrogen-bond donors (Lipinski definition) is 4. The Morgan fingerprint density at radius 3 is 3.00 bits per heavy atom. The van der Waals surface area contributed by atoms with Crippen molar-refractivity contribution in [3.8, 4) is 0 Å². The quantitative estimate of drug-likeness (QED) is 0.200. The summed E-state index contributed by atoms with van der Waals surface area (Å²) in [4.78, 5) is 12.8. The van der Waals surface area contributed by atoms with E-state index in [4.69, 9.17) is 14.8 Å². The number of nitrogen functional groups attached to an aromatic ring is 1. The molecule has 2 saturated carbocycles. The van der Waals surface area contributed by atoms with Gasteiger partial charge in [0, 0.05) is 17.3 Å². The maximum atomic E-state index is 12.4. The number of imidazole rings is 1. The predicted octanol–water partition coefficient (Wildman–Crippen LogP) is 1.35. The van der Waals surface area contributed by atoms with Gasteiger partial charge in [0.1, 0.15) is 17.4 Å². The van der Waals surface area contributed by atoms with Gasteiger partial charge in [-0.3, -0.25) is 4.57 Å². The van der Waals surface area contributed by atoms with Crippen LogP contribution in [0.15, 0.2) is 6.33 Å². The summed E-state index contributed by atoms with van der Waals surface area (Å²) in [7, 11) is -1.16. The minimum absolute atomic E-state index is 0.0497. The smallest absolute Gasteiger partial charge is 0.192 e. The zero-order valence-electron chi connectivity index (χ0n) is 15.1. The highest BCUT2D eigenvalue weighted by Gasteiger charge is 2.71. The third-order valence-corrected chi connectivity index (χ3v) is 8.42. The highest BCUT2D eigenvalue weighted by molar-refractivity contribution is 8.74. The molecule has 0 amide bonds. The number of rotatable bonds is 8. The monoisotopic (exact) mass is 447 g/mol. The fraction of sp³-hybridized carbons (Fsp3) is 0.667. The number of hydrogen-bond acceptors (Lipinski definition) is 11. The molecule has 154 valence electrons. The lowest BCUT2D eigenvalue weighted by Crippen LogP contribution is -2.35. The summed E-state index contributed by atoms with van der Waals surface area (Å²) >= 11 is 0.641. The molecular weight excluding hydrogens is 425 g/mol. The van der Waals surface area contributed by atoms with Crippen LogP contribution in [0.3, 0.4) is 0 Å². The standard InChI is InChI=1S/C15H22N5O5PS2/c1-7-18-13(16)9-14(19-7)20(6-17-9)10-8-4-15(8,12(22)11(10)21)5-26(23)25-2-3-27-28-24/h6,8,10-12,21-22,24,26H,2-5H2,1H3,(H2,16,18,19)/t8-,10-,11+,12+,15-/m1/s1. The molecule has 13 heteroatoms. The van der Waals surface area contributed by atoms with Gasteiger partial charge in [-0.2, -0.15) is 0 Å². The second kappa shape index (κ2) is 7.75. The van der Waals surface area contributed by atoms with E-state index in [1.165, 1.54) is 10.8 Å². The number of nitrogens with zero attached hydrogens (tertiary/aromatic N) is 4. The molecule has 6 atom stereocenters. The minimum Gasteiger partial charge on any atom is -0.390 e. The molecule has 2 aliphatic rings. The molecule has 0 radical (unpaired) electrons. The van der Waals surface area contributed by atoms with E-state index < -0.39 is 31.7 Å². The van der Waals surface area contributed by atoms with Crippen molar-refractivity contribution < 1.29 is 23.9 Å². The van der Waals surface area contributed by atoms with Crippen LogP contribution in [0.25, 0.3) is 11.2 Å². The zero-order chi connectivity index (χ0) is 20.1. The van der Waals surface area contributed by atoms with E-state index in [0.29, 0.717) is 40.2 Å². The first-order chi connectivity index (χ1) is 13.4. The van der Waals surface area contributed by atoms with Gasteiger partial charge in [-0.05, 0) is 19.3 Å². The summed E-state index contributed by atoms with van der Waals surface area (Å²) in [5.41, 5.74) is 6.28. The fourth-order valence-corrected chi connectivity index (χ4v) is 6.79. The molecule has 0 aromatic carbocycles. The zero-order valence-corrected chi connectivity index (χ0v) is 17.7. The first kappa shape index (κ1) is 20.4. The molecule has 2 heterocycles. The van der Waals surface area contributed by atoms with Crippen LogP contribution in [-0.4, -0.2) is 65.0 Å². The third kappa shape index (κ3) is 3.34. The molecule has 5 N–H and O–H groups in total. The van der Waals surface area contributed by atoms with Gasteiger partial charge in [-0.15, -0.1) is 0 Å². The Labute approximate surface area is 169 Å². The van der Waals surface area contributed by atoms with Crippen molar-refractivity contribution in [1.82, 2.24) is 19.5 Å². The van der Waals surface area contributed by atoms with E-state index >= 15 is 0 Å². The highest BCUT2D eigenvalue weighted by Crippen LogP contribution is 2.70. The van der Waals surface area contributed by atoms with E-state index in [-0.39, 0.29) is 24.5 Å². The van der Waals surface area contributed by atoms with Crippen molar-refractivity contribution in [2.45, 2.75) is 31.6 Å². The Hall–Kier alpha value is -0.880. The molecule has 2 fully saturated rings. The maximum Gasteiger partial charge on any atom is 0.192 e. The Balaban J connectivity index is 1.54. The van der Waals surface area contributed by atoms with Crippen LogP contribution in [0.2, 0.25) is 0 Å². The molecule has 0 spiro atoms. The van der Waals surface area contributed by atoms with Gasteiger partial charge in [0.15, 0.2) is 19.5 Å². The summed E-state index contributed by atoms with van der Waals surface area (Å²) in [6.07, 6.45) is 0.407. The van der Waals surface area contributed by atoms with Gasteiger partial charge in [0.2, 0.25) is 0 Å². The number of aryl methyl sites for hydroxylation is 1. The van der Waals surface area contributed by atoms with Gasteiger partial charge in [-0.25, -0.2) is 15.0 Å². The molecule has 0 saturated heterocycles. The van der Waals surface area contributed by atoms with Crippen LogP contribution in [-0.2, 0) is 9.09 Å². The molecule has 0 aliphatic heterocycles. The van der Waals surface area contributed by atoms with E-state index in [0.717, 1.165) is 0 Å². The number of aliphatic hydroxyl groups is 2. The van der Waals surface area contributed by atoms with Crippen LogP contribution in [0, 0.1) is 18.3 Å². The lowest BCUT2D eigenvalue weighted by Gasteiger charge is -2.24. The summed E-state index contributed by atoms with van der Waals surface area (Å²) in [6.45, 7) is 1.99. The van der Waals surface area contributed by atoms with Gasteiger partial charge in [0.05, 0.1) is 36.2 Å². The molecule has 0 bridgehead atoms. The highest BCUT2D eigenvalue weighted by atomic mass is 33.1. The molecule has 2 aliphatic carbocycles. The van der Waals surface area contributed by atoms with Crippen molar-refractivity contribution in [2.75, 3.05) is 24.3 Å². The van der Waals surface area contributed by atoms with Gasteiger partial charge in [0.25, 0.3) is 0 Å². The summed E-state index contributed by atoms with van der Waals surface area (Å²) < 4.78 is 28.2. The third-order valence-electron chi connectivity index (χ3n) is 5.69. The normalized spacial score (nSPS) is 32.6. The topological polar surface area (TPSA) is 157 Å². The lowest BCUT2D eigenvalue weighted by atomic mass is 10.0. The summed E-state index contributed by atoms with van der Waals surface area (Å²) in [5, 5.41) is 21.4. The van der Waals surface area contributed by atoms with Crippen LogP contribution < -0.4 is 5.73 Å². The molecule has 28 heavy (non-hydrogen) atoms. The van der Waals surface area contributed by atoms with Crippen molar-refractivity contribution in [1.29, 1.82) is 0 Å². The average Bonchev–Trinajstić information content (AvgIpc) is 3.12. The van der Waals surface area contributed by atoms with Gasteiger partial charge >= 0.3 is 0 Å². The molecule has 10 nitrogen and oxygen atoms in total.